The van der Waals surface area contributed by atoms with Crippen molar-refractivity contribution in [2.24, 2.45) is 5.92 Å². The van der Waals surface area contributed by atoms with Gasteiger partial charge in [-0.2, -0.15) is 10.1 Å². The molecule has 0 fully saturated rings. The molecule has 0 aliphatic carbocycles. The lowest BCUT2D eigenvalue weighted by Gasteiger charge is -2.34. The Balaban J connectivity index is 2.22. The number of hydrogen-bond donors (Lipinski definition) is 1. The second kappa shape index (κ2) is 8.11. The maximum Gasteiger partial charge on any atom is 0.317 e. The minimum absolute atomic E-state index is 0.293. The molecule has 0 radical (unpaired) electrons. The zero-order valence-electron chi connectivity index (χ0n) is 15.9. The lowest BCUT2D eigenvalue weighted by molar-refractivity contribution is -0.147. The Morgan fingerprint density at radius 3 is 2.78 bits per heavy atom. The largest absolute Gasteiger partial charge is 0.497 e. The van der Waals surface area contributed by atoms with Gasteiger partial charge in [-0.1, -0.05) is 13.0 Å². The van der Waals surface area contributed by atoms with E-state index in [2.05, 4.69) is 15.4 Å². The molecule has 1 aliphatic heterocycles. The van der Waals surface area contributed by atoms with Crippen LogP contribution in [0.2, 0.25) is 0 Å². The van der Waals surface area contributed by atoms with Crippen molar-refractivity contribution in [1.82, 2.24) is 14.8 Å². The molecule has 1 aromatic heterocycles. The van der Waals surface area contributed by atoms with Crippen LogP contribution in [0, 0.1) is 5.92 Å². The van der Waals surface area contributed by atoms with Crippen molar-refractivity contribution in [3.63, 3.8) is 0 Å². The van der Waals surface area contributed by atoms with Crippen LogP contribution in [0.3, 0.4) is 0 Å². The quantitative estimate of drug-likeness (QED) is 0.780. The highest BCUT2D eigenvalue weighted by molar-refractivity contribution is 5.79. The number of aromatic nitrogens is 3. The molecule has 8 heteroatoms. The van der Waals surface area contributed by atoms with Crippen molar-refractivity contribution in [3.05, 3.63) is 41.9 Å². The van der Waals surface area contributed by atoms with E-state index in [0.29, 0.717) is 24.1 Å². The molecule has 0 saturated carbocycles. The Labute approximate surface area is 158 Å². The van der Waals surface area contributed by atoms with Gasteiger partial charge < -0.3 is 19.5 Å². The molecule has 0 amide bonds. The summed E-state index contributed by atoms with van der Waals surface area (Å²) in [7, 11) is 3.19. The van der Waals surface area contributed by atoms with Crippen molar-refractivity contribution >= 4 is 11.9 Å². The molecule has 1 N–H and O–H groups in total. The van der Waals surface area contributed by atoms with Gasteiger partial charge in [-0.25, -0.2) is 4.68 Å². The van der Waals surface area contributed by atoms with Gasteiger partial charge in [0, 0.05) is 11.3 Å². The summed E-state index contributed by atoms with van der Waals surface area (Å²) in [5, 5.41) is 7.56. The van der Waals surface area contributed by atoms with Crippen molar-refractivity contribution in [1.29, 1.82) is 0 Å². The summed E-state index contributed by atoms with van der Waals surface area (Å²) in [4.78, 5) is 17.2. The minimum Gasteiger partial charge on any atom is -0.497 e. The molecule has 27 heavy (non-hydrogen) atoms. The fourth-order valence-electron chi connectivity index (χ4n) is 3.33. The van der Waals surface area contributed by atoms with E-state index in [1.54, 1.807) is 25.8 Å². The maximum atomic E-state index is 12.9. The zero-order valence-corrected chi connectivity index (χ0v) is 15.9. The van der Waals surface area contributed by atoms with Gasteiger partial charge in [-0.05, 0) is 31.5 Å². The fourth-order valence-corrected chi connectivity index (χ4v) is 3.33. The predicted molar refractivity (Wildman–Crippen MR) is 99.8 cm³/mol. The van der Waals surface area contributed by atoms with Gasteiger partial charge in [0.1, 0.15) is 29.8 Å². The second-order valence-electron chi connectivity index (χ2n) is 6.00. The topological polar surface area (TPSA) is 87.5 Å². The summed E-state index contributed by atoms with van der Waals surface area (Å²) in [5.41, 5.74) is 1.51. The number of allylic oxidation sites excluding steroid dienone is 1. The number of fused-ring (bicyclic) bond motifs is 1. The van der Waals surface area contributed by atoms with Crippen LogP contribution in [-0.4, -0.2) is 41.6 Å². The van der Waals surface area contributed by atoms with E-state index < -0.39 is 12.0 Å². The van der Waals surface area contributed by atoms with Gasteiger partial charge >= 0.3 is 5.97 Å². The minimum atomic E-state index is -0.611. The van der Waals surface area contributed by atoms with Gasteiger partial charge in [-0.3, -0.25) is 4.79 Å². The number of ether oxygens (including phenoxy) is 3. The third-order valence-corrected chi connectivity index (χ3v) is 4.46. The van der Waals surface area contributed by atoms with Gasteiger partial charge in [0.15, 0.2) is 0 Å². The van der Waals surface area contributed by atoms with Crippen LogP contribution < -0.4 is 14.8 Å². The third-order valence-electron chi connectivity index (χ3n) is 4.46. The van der Waals surface area contributed by atoms with E-state index in [-0.39, 0.29) is 5.97 Å². The molecule has 0 bridgehead atoms. The van der Waals surface area contributed by atoms with Crippen LogP contribution in [0.5, 0.6) is 11.5 Å². The highest BCUT2D eigenvalue weighted by atomic mass is 16.5. The molecule has 2 heterocycles. The van der Waals surface area contributed by atoms with Crippen LogP contribution in [0.25, 0.3) is 0 Å². The molecule has 1 aliphatic rings. The molecule has 144 valence electrons. The monoisotopic (exact) mass is 372 g/mol. The number of carbonyl (C=O) groups is 1. The van der Waals surface area contributed by atoms with Gasteiger partial charge in [0.2, 0.25) is 5.95 Å². The molecular formula is C19H24N4O4. The summed E-state index contributed by atoms with van der Waals surface area (Å²) < 4.78 is 18.0. The SMILES string of the molecule is CC/C=C1/Nc2ncnn2[C@H](c2cc(OC)ccc2OC)[C@H]1C(=O)OCC. The molecule has 1 aromatic carbocycles. The standard InChI is InChI=1S/C19H24N4O4/c1-5-7-14-16(18(24)27-6-2)17(23-19(22-14)20-11-21-23)13-10-12(25-3)8-9-15(13)26-4/h7-11,16-17H,5-6H2,1-4H3,(H,20,21,22)/b14-7+/t16-,17+/m0/s1. The Hall–Kier alpha value is -3.03. The molecule has 0 unspecified atom stereocenters. The lowest BCUT2D eigenvalue weighted by Crippen LogP contribution is -2.38. The van der Waals surface area contributed by atoms with E-state index in [1.807, 2.05) is 31.2 Å². The molecule has 8 nitrogen and oxygen atoms in total. The first-order chi connectivity index (χ1) is 13.1. The Bertz CT molecular complexity index is 846. The molecule has 0 saturated heterocycles. The fraction of sp³-hybridized carbons (Fsp3) is 0.421. The number of rotatable bonds is 6. The predicted octanol–water partition coefficient (Wildman–Crippen LogP) is 2.78. The molecule has 2 atom stereocenters. The van der Waals surface area contributed by atoms with Crippen molar-refractivity contribution in [2.75, 3.05) is 26.1 Å². The van der Waals surface area contributed by atoms with Crippen molar-refractivity contribution in [3.8, 4) is 11.5 Å². The summed E-state index contributed by atoms with van der Waals surface area (Å²) in [5.74, 6) is 0.912. The summed E-state index contributed by atoms with van der Waals surface area (Å²) in [6.07, 6.45) is 4.19. The highest BCUT2D eigenvalue weighted by Crippen LogP contribution is 2.43. The van der Waals surface area contributed by atoms with E-state index in [1.165, 1.54) is 6.33 Å². The smallest absolute Gasteiger partial charge is 0.317 e. The van der Waals surface area contributed by atoms with Crippen LogP contribution >= 0.6 is 0 Å². The molecule has 3 rings (SSSR count). The normalized spacial score (nSPS) is 19.9. The number of carbonyl (C=O) groups excluding carboxylic acids is 1. The number of esters is 1. The first-order valence-corrected chi connectivity index (χ1v) is 8.89. The van der Waals surface area contributed by atoms with Crippen molar-refractivity contribution in [2.45, 2.75) is 26.3 Å². The zero-order chi connectivity index (χ0) is 19.4. The second-order valence-corrected chi connectivity index (χ2v) is 6.00. The first-order valence-electron chi connectivity index (χ1n) is 8.89. The average Bonchev–Trinajstić information content (AvgIpc) is 3.15. The highest BCUT2D eigenvalue weighted by Gasteiger charge is 2.42. The third kappa shape index (κ3) is 3.47. The van der Waals surface area contributed by atoms with Crippen LogP contribution in [0.4, 0.5) is 5.95 Å². The Morgan fingerprint density at radius 1 is 1.30 bits per heavy atom. The molecule has 2 aromatic rings. The maximum absolute atomic E-state index is 12.9. The number of methoxy groups -OCH3 is 2. The van der Waals surface area contributed by atoms with Crippen LogP contribution in [-0.2, 0) is 9.53 Å². The summed E-state index contributed by atoms with van der Waals surface area (Å²) in [6.45, 7) is 4.09. The van der Waals surface area contributed by atoms with Crippen LogP contribution in [0.1, 0.15) is 31.9 Å². The molecular weight excluding hydrogens is 348 g/mol. The number of nitrogens with zero attached hydrogens (tertiary/aromatic N) is 3. The van der Waals surface area contributed by atoms with E-state index in [0.717, 1.165) is 17.7 Å². The van der Waals surface area contributed by atoms with Crippen LogP contribution in [0.15, 0.2) is 36.3 Å². The van der Waals surface area contributed by atoms with Crippen molar-refractivity contribution < 1.29 is 19.0 Å². The van der Waals surface area contributed by atoms with Gasteiger partial charge in [0.05, 0.1) is 20.8 Å². The first kappa shape index (κ1) is 18.8. The Morgan fingerprint density at radius 2 is 2.11 bits per heavy atom. The number of hydrogen-bond acceptors (Lipinski definition) is 7. The molecule has 0 spiro atoms. The number of nitrogens with one attached hydrogen (secondary N) is 1. The summed E-state index contributed by atoms with van der Waals surface area (Å²) >= 11 is 0. The summed E-state index contributed by atoms with van der Waals surface area (Å²) in [6, 6.07) is 5.01. The van der Waals surface area contributed by atoms with E-state index >= 15 is 0 Å². The van der Waals surface area contributed by atoms with Gasteiger partial charge in [0.25, 0.3) is 0 Å². The van der Waals surface area contributed by atoms with E-state index in [9.17, 15) is 4.79 Å². The average molecular weight is 372 g/mol. The Kier molecular flexibility index (Phi) is 5.63. The van der Waals surface area contributed by atoms with Gasteiger partial charge in [-0.15, -0.1) is 0 Å². The van der Waals surface area contributed by atoms with E-state index in [4.69, 9.17) is 14.2 Å². The lowest BCUT2D eigenvalue weighted by atomic mass is 9.87. The number of benzene rings is 1. The number of anilines is 1.